The molecule has 1 aliphatic rings. The Morgan fingerprint density at radius 2 is 1.74 bits per heavy atom. The number of aromatic hydroxyl groups is 1. The third kappa shape index (κ3) is 4.32. The quantitative estimate of drug-likeness (QED) is 0.591. The number of hydrogen-bond donors (Lipinski definition) is 2. The molecule has 2 N–H and O–H groups in total. The Hall–Kier alpha value is -2.44. The van der Waals surface area contributed by atoms with Crippen molar-refractivity contribution in [2.24, 2.45) is 0 Å². The summed E-state index contributed by atoms with van der Waals surface area (Å²) in [5, 5.41) is 24.6. The van der Waals surface area contributed by atoms with Gasteiger partial charge in [-0.1, -0.05) is 11.6 Å². The molecule has 1 aromatic carbocycles. The first-order valence-electron chi connectivity index (χ1n) is 10.6. The van der Waals surface area contributed by atoms with Gasteiger partial charge in [0.25, 0.3) is 0 Å². The van der Waals surface area contributed by atoms with Crippen molar-refractivity contribution >= 4 is 28.3 Å². The molecular weight excluding hydrogens is 410 g/mol. The summed E-state index contributed by atoms with van der Waals surface area (Å²) >= 11 is 6.40. The number of aryl methyl sites for hydroxylation is 1. The summed E-state index contributed by atoms with van der Waals surface area (Å²) in [6.45, 7) is 10.9. The van der Waals surface area contributed by atoms with Gasteiger partial charge in [0.1, 0.15) is 5.75 Å². The van der Waals surface area contributed by atoms with Gasteiger partial charge in [0.15, 0.2) is 5.82 Å². The van der Waals surface area contributed by atoms with Crippen molar-refractivity contribution in [1.29, 1.82) is 0 Å². The molecular formula is C24H30ClN5O. The minimum absolute atomic E-state index is 0.0472. The van der Waals surface area contributed by atoms with Gasteiger partial charge in [-0.05, 0) is 77.8 Å². The molecule has 0 saturated carbocycles. The van der Waals surface area contributed by atoms with Crippen molar-refractivity contribution < 1.29 is 5.11 Å². The second kappa shape index (κ2) is 7.61. The number of benzene rings is 1. The van der Waals surface area contributed by atoms with E-state index in [1.54, 1.807) is 12.1 Å². The molecule has 0 unspecified atom stereocenters. The first-order chi connectivity index (χ1) is 14.5. The van der Waals surface area contributed by atoms with E-state index in [4.69, 9.17) is 11.6 Å². The van der Waals surface area contributed by atoms with Crippen molar-refractivity contribution in [1.82, 2.24) is 20.5 Å². The zero-order valence-electron chi connectivity index (χ0n) is 19.0. The summed E-state index contributed by atoms with van der Waals surface area (Å²) in [5.41, 5.74) is 2.62. The lowest BCUT2D eigenvalue weighted by molar-refractivity contribution is 0.160. The minimum Gasteiger partial charge on any atom is -0.507 e. The Kier molecular flexibility index (Phi) is 5.34. The highest BCUT2D eigenvalue weighted by atomic mass is 35.5. The summed E-state index contributed by atoms with van der Waals surface area (Å²) in [6.07, 6.45) is 2.03. The molecule has 0 radical (unpaired) electrons. The van der Waals surface area contributed by atoms with Crippen LogP contribution in [0.3, 0.4) is 0 Å². The van der Waals surface area contributed by atoms with Gasteiger partial charge in [-0.15, -0.1) is 10.2 Å². The molecule has 0 amide bonds. The summed E-state index contributed by atoms with van der Waals surface area (Å²) in [4.78, 5) is 6.82. The average molecular weight is 440 g/mol. The Morgan fingerprint density at radius 3 is 2.35 bits per heavy atom. The SMILES string of the molecule is Cc1cc(Cl)c2ccc(O)c(-c3ccc(N(C)C4CC(C)(C)NC(C)(C)C4)nn3)c2n1. The van der Waals surface area contributed by atoms with Crippen LogP contribution in [0.25, 0.3) is 22.2 Å². The van der Waals surface area contributed by atoms with Gasteiger partial charge in [0.05, 0.1) is 21.8 Å². The molecule has 3 heterocycles. The zero-order valence-corrected chi connectivity index (χ0v) is 19.7. The van der Waals surface area contributed by atoms with Crippen molar-refractivity contribution in [3.63, 3.8) is 0 Å². The van der Waals surface area contributed by atoms with Crippen molar-refractivity contribution in [2.75, 3.05) is 11.9 Å². The van der Waals surface area contributed by atoms with Crippen LogP contribution in [0.1, 0.15) is 46.2 Å². The lowest BCUT2D eigenvalue weighted by Crippen LogP contribution is -2.62. The molecule has 2 aromatic heterocycles. The summed E-state index contributed by atoms with van der Waals surface area (Å²) in [7, 11) is 2.08. The highest BCUT2D eigenvalue weighted by Crippen LogP contribution is 2.38. The highest BCUT2D eigenvalue weighted by molar-refractivity contribution is 6.35. The maximum absolute atomic E-state index is 10.6. The van der Waals surface area contributed by atoms with Crippen molar-refractivity contribution in [3.8, 4) is 17.0 Å². The summed E-state index contributed by atoms with van der Waals surface area (Å²) < 4.78 is 0. The highest BCUT2D eigenvalue weighted by Gasteiger charge is 2.39. The molecule has 1 saturated heterocycles. The van der Waals surface area contributed by atoms with Gasteiger partial charge in [0.2, 0.25) is 0 Å². The number of phenols is 1. The van der Waals surface area contributed by atoms with E-state index < -0.39 is 0 Å². The van der Waals surface area contributed by atoms with Crippen molar-refractivity contribution in [2.45, 2.75) is 64.6 Å². The number of pyridine rings is 1. The first-order valence-corrected chi connectivity index (χ1v) is 11.0. The second-order valence-electron chi connectivity index (χ2n) is 9.94. The number of aromatic nitrogens is 3. The molecule has 164 valence electrons. The molecule has 1 fully saturated rings. The maximum atomic E-state index is 10.6. The monoisotopic (exact) mass is 439 g/mol. The van der Waals surface area contributed by atoms with E-state index in [9.17, 15) is 5.11 Å². The van der Waals surface area contributed by atoms with E-state index in [0.717, 1.165) is 29.7 Å². The smallest absolute Gasteiger partial charge is 0.151 e. The van der Waals surface area contributed by atoms with Crippen LogP contribution in [0.2, 0.25) is 5.02 Å². The molecule has 4 rings (SSSR count). The zero-order chi connectivity index (χ0) is 22.6. The van der Waals surface area contributed by atoms with Crippen LogP contribution in [0.4, 0.5) is 5.82 Å². The Balaban J connectivity index is 1.69. The molecule has 0 bridgehead atoms. The predicted molar refractivity (Wildman–Crippen MR) is 127 cm³/mol. The molecule has 7 heteroatoms. The third-order valence-electron chi connectivity index (χ3n) is 6.02. The van der Waals surface area contributed by atoms with Gasteiger partial charge in [-0.25, -0.2) is 0 Å². The fourth-order valence-corrected chi connectivity index (χ4v) is 5.30. The van der Waals surface area contributed by atoms with Gasteiger partial charge in [-0.3, -0.25) is 4.98 Å². The third-order valence-corrected chi connectivity index (χ3v) is 6.33. The summed E-state index contributed by atoms with van der Waals surface area (Å²) in [6, 6.07) is 9.42. The number of nitrogens with zero attached hydrogens (tertiary/aromatic N) is 4. The second-order valence-corrected chi connectivity index (χ2v) is 10.4. The van der Waals surface area contributed by atoms with E-state index in [0.29, 0.717) is 27.8 Å². The number of rotatable bonds is 3. The molecule has 0 atom stereocenters. The van der Waals surface area contributed by atoms with Gasteiger partial charge >= 0.3 is 0 Å². The van der Waals surface area contributed by atoms with E-state index in [2.05, 4.69) is 60.1 Å². The molecule has 3 aromatic rings. The molecule has 6 nitrogen and oxygen atoms in total. The van der Waals surface area contributed by atoms with Crippen LogP contribution in [0.5, 0.6) is 5.75 Å². The van der Waals surface area contributed by atoms with Gasteiger partial charge < -0.3 is 15.3 Å². The summed E-state index contributed by atoms with van der Waals surface area (Å²) in [5.74, 6) is 0.920. The number of phenolic OH excluding ortho intramolecular Hbond substituents is 1. The predicted octanol–water partition coefficient (Wildman–Crippen LogP) is 5.10. The number of piperidine rings is 1. The Bertz CT molecular complexity index is 1110. The fourth-order valence-electron chi connectivity index (χ4n) is 4.99. The first kappa shape index (κ1) is 21.8. The largest absolute Gasteiger partial charge is 0.507 e. The minimum atomic E-state index is 0.0472. The molecule has 31 heavy (non-hydrogen) atoms. The van der Waals surface area contributed by atoms with Crippen LogP contribution in [0.15, 0.2) is 30.3 Å². The normalized spacial score (nSPS) is 18.3. The van der Waals surface area contributed by atoms with Crippen LogP contribution in [-0.2, 0) is 0 Å². The van der Waals surface area contributed by atoms with Crippen LogP contribution < -0.4 is 10.2 Å². The van der Waals surface area contributed by atoms with E-state index in [1.165, 1.54) is 0 Å². The lowest BCUT2D eigenvalue weighted by atomic mass is 9.79. The standard InChI is InChI=1S/C24H30ClN5O/c1-14-11-17(25)16-7-9-19(31)21(22(16)26-14)18-8-10-20(28-27-18)30(6)15-12-23(2,3)29-24(4,5)13-15/h7-11,15,29,31H,12-13H2,1-6H3. The maximum Gasteiger partial charge on any atom is 0.151 e. The molecule has 0 spiro atoms. The molecule has 0 aliphatic carbocycles. The number of anilines is 1. The van der Waals surface area contributed by atoms with Gasteiger partial charge in [0, 0.05) is 35.2 Å². The fraction of sp³-hybridized carbons (Fsp3) is 0.458. The van der Waals surface area contributed by atoms with Crippen LogP contribution >= 0.6 is 11.6 Å². The topological polar surface area (TPSA) is 74.2 Å². The number of fused-ring (bicyclic) bond motifs is 1. The number of hydrogen-bond acceptors (Lipinski definition) is 6. The lowest BCUT2D eigenvalue weighted by Gasteiger charge is -2.49. The van der Waals surface area contributed by atoms with Crippen molar-refractivity contribution in [3.05, 3.63) is 41.0 Å². The average Bonchev–Trinajstić information content (AvgIpc) is 2.65. The number of nitrogens with one attached hydrogen (secondary N) is 1. The Morgan fingerprint density at radius 1 is 1.06 bits per heavy atom. The number of halogens is 1. The van der Waals surface area contributed by atoms with Crippen LogP contribution in [0, 0.1) is 6.92 Å². The van der Waals surface area contributed by atoms with E-state index in [1.807, 2.05) is 25.1 Å². The van der Waals surface area contributed by atoms with Gasteiger partial charge in [-0.2, -0.15) is 0 Å². The Labute approximate surface area is 188 Å². The van der Waals surface area contributed by atoms with E-state index >= 15 is 0 Å². The molecule has 1 aliphatic heterocycles. The van der Waals surface area contributed by atoms with Crippen LogP contribution in [-0.4, -0.2) is 44.5 Å². The van der Waals surface area contributed by atoms with E-state index in [-0.39, 0.29) is 16.8 Å².